The maximum atomic E-state index is 13.4. The van der Waals surface area contributed by atoms with Gasteiger partial charge in [0.2, 0.25) is 0 Å². The van der Waals surface area contributed by atoms with Gasteiger partial charge in [0, 0.05) is 10.0 Å². The minimum absolute atomic E-state index is 0.338. The fraction of sp³-hybridized carbons (Fsp3) is 0.500. The van der Waals surface area contributed by atoms with E-state index in [1.54, 1.807) is 12.1 Å². The van der Waals surface area contributed by atoms with Crippen LogP contribution in [-0.2, 0) is 0 Å². The van der Waals surface area contributed by atoms with Crippen molar-refractivity contribution in [2.45, 2.75) is 32.8 Å². The molecule has 0 radical (unpaired) electrons. The lowest BCUT2D eigenvalue weighted by molar-refractivity contribution is 0.154. The van der Waals surface area contributed by atoms with E-state index >= 15 is 0 Å². The van der Waals surface area contributed by atoms with Gasteiger partial charge in [0.05, 0.1) is 6.10 Å². The van der Waals surface area contributed by atoms with Crippen molar-refractivity contribution in [3.05, 3.63) is 34.1 Å². The lowest BCUT2D eigenvalue weighted by atomic mass is 10.00. The van der Waals surface area contributed by atoms with Gasteiger partial charge in [-0.1, -0.05) is 29.8 Å². The van der Waals surface area contributed by atoms with Crippen molar-refractivity contribution >= 4 is 15.9 Å². The molecule has 1 aromatic carbocycles. The quantitative estimate of drug-likeness (QED) is 0.878. The maximum Gasteiger partial charge on any atom is 0.129 e. The molecule has 0 aliphatic heterocycles. The normalized spacial score (nSPS) is 13.2. The van der Waals surface area contributed by atoms with E-state index in [1.165, 1.54) is 6.07 Å². The van der Waals surface area contributed by atoms with Crippen LogP contribution < -0.4 is 0 Å². The van der Waals surface area contributed by atoms with E-state index < -0.39 is 6.10 Å². The van der Waals surface area contributed by atoms with Crippen LogP contribution in [0.3, 0.4) is 0 Å². The van der Waals surface area contributed by atoms with Gasteiger partial charge in [0.25, 0.3) is 0 Å². The van der Waals surface area contributed by atoms with Crippen LogP contribution in [0.25, 0.3) is 0 Å². The smallest absolute Gasteiger partial charge is 0.129 e. The molecule has 84 valence electrons. The average Bonchev–Trinajstić information content (AvgIpc) is 2.18. The third-order valence-corrected chi connectivity index (χ3v) is 2.83. The van der Waals surface area contributed by atoms with Crippen LogP contribution in [0.2, 0.25) is 0 Å². The van der Waals surface area contributed by atoms with Gasteiger partial charge in [0.1, 0.15) is 5.82 Å². The molecule has 0 heterocycles. The molecule has 1 aromatic rings. The molecule has 0 bridgehead atoms. The Bertz CT molecular complexity index is 325. The van der Waals surface area contributed by atoms with Crippen LogP contribution in [0, 0.1) is 11.7 Å². The van der Waals surface area contributed by atoms with Crippen molar-refractivity contribution < 1.29 is 9.50 Å². The van der Waals surface area contributed by atoms with E-state index in [-0.39, 0.29) is 5.82 Å². The van der Waals surface area contributed by atoms with Crippen LogP contribution in [-0.4, -0.2) is 5.11 Å². The van der Waals surface area contributed by atoms with Gasteiger partial charge in [-0.25, -0.2) is 4.39 Å². The number of rotatable bonds is 4. The van der Waals surface area contributed by atoms with Crippen LogP contribution in [0.1, 0.15) is 38.4 Å². The zero-order chi connectivity index (χ0) is 11.4. The van der Waals surface area contributed by atoms with Crippen LogP contribution in [0.5, 0.6) is 0 Å². The summed E-state index contributed by atoms with van der Waals surface area (Å²) in [7, 11) is 0. The first-order valence-corrected chi connectivity index (χ1v) is 5.93. The fourth-order valence-electron chi connectivity index (χ4n) is 1.42. The summed E-state index contributed by atoms with van der Waals surface area (Å²) in [5.74, 6) is 0.185. The number of benzene rings is 1. The Morgan fingerprint density at radius 1 is 1.33 bits per heavy atom. The molecule has 15 heavy (non-hydrogen) atoms. The largest absolute Gasteiger partial charge is 0.388 e. The minimum atomic E-state index is -0.704. The molecular formula is C12H16BrFO. The number of aliphatic hydroxyl groups excluding tert-OH is 1. The highest BCUT2D eigenvalue weighted by molar-refractivity contribution is 9.10. The lowest BCUT2D eigenvalue weighted by Gasteiger charge is -2.13. The molecule has 0 saturated carbocycles. The molecule has 0 spiro atoms. The second-order valence-electron chi connectivity index (χ2n) is 4.15. The Morgan fingerprint density at radius 2 is 2.00 bits per heavy atom. The fourth-order valence-corrected chi connectivity index (χ4v) is 1.80. The van der Waals surface area contributed by atoms with Gasteiger partial charge in [-0.05, 0) is 37.0 Å². The first-order valence-electron chi connectivity index (χ1n) is 5.13. The molecule has 0 aromatic heterocycles. The van der Waals surface area contributed by atoms with Crippen molar-refractivity contribution in [1.82, 2.24) is 0 Å². The molecule has 0 aliphatic carbocycles. The summed E-state index contributed by atoms with van der Waals surface area (Å²) in [4.78, 5) is 0. The molecule has 1 N–H and O–H groups in total. The second kappa shape index (κ2) is 5.61. The van der Waals surface area contributed by atoms with Gasteiger partial charge in [-0.15, -0.1) is 0 Å². The van der Waals surface area contributed by atoms with Crippen molar-refractivity contribution in [2.24, 2.45) is 5.92 Å². The standard InChI is InChI=1S/C12H16BrFO/c1-8(2)3-6-12(15)10-7-9(13)4-5-11(10)14/h4-5,7-8,12,15H,3,6H2,1-2H3. The average molecular weight is 275 g/mol. The number of hydrogen-bond donors (Lipinski definition) is 1. The molecule has 1 unspecified atom stereocenters. The van der Waals surface area contributed by atoms with E-state index in [2.05, 4.69) is 29.8 Å². The lowest BCUT2D eigenvalue weighted by Crippen LogP contribution is -2.02. The Hall–Kier alpha value is -0.410. The van der Waals surface area contributed by atoms with E-state index in [0.717, 1.165) is 10.9 Å². The molecule has 0 aliphatic rings. The highest BCUT2D eigenvalue weighted by Gasteiger charge is 2.13. The molecule has 1 rings (SSSR count). The Morgan fingerprint density at radius 3 is 2.60 bits per heavy atom. The molecule has 0 saturated heterocycles. The van der Waals surface area contributed by atoms with E-state index in [4.69, 9.17) is 0 Å². The Balaban J connectivity index is 2.72. The molecule has 3 heteroatoms. The summed E-state index contributed by atoms with van der Waals surface area (Å²) >= 11 is 3.27. The van der Waals surface area contributed by atoms with Gasteiger partial charge >= 0.3 is 0 Å². The maximum absolute atomic E-state index is 13.4. The zero-order valence-corrected chi connectivity index (χ0v) is 10.6. The predicted octanol–water partition coefficient (Wildman–Crippen LogP) is 4.06. The van der Waals surface area contributed by atoms with Crippen molar-refractivity contribution in [3.63, 3.8) is 0 Å². The number of halogens is 2. The highest BCUT2D eigenvalue weighted by Crippen LogP contribution is 2.25. The monoisotopic (exact) mass is 274 g/mol. The topological polar surface area (TPSA) is 20.2 Å². The van der Waals surface area contributed by atoms with Crippen molar-refractivity contribution in [1.29, 1.82) is 0 Å². The molecule has 1 atom stereocenters. The minimum Gasteiger partial charge on any atom is -0.388 e. The number of hydrogen-bond acceptors (Lipinski definition) is 1. The molecule has 0 amide bonds. The van der Waals surface area contributed by atoms with Crippen LogP contribution >= 0.6 is 15.9 Å². The van der Waals surface area contributed by atoms with E-state index in [1.807, 2.05) is 0 Å². The number of aliphatic hydroxyl groups is 1. The van der Waals surface area contributed by atoms with Crippen molar-refractivity contribution in [2.75, 3.05) is 0 Å². The summed E-state index contributed by atoms with van der Waals surface area (Å²) in [6.45, 7) is 4.17. The third-order valence-electron chi connectivity index (χ3n) is 2.33. The second-order valence-corrected chi connectivity index (χ2v) is 5.07. The van der Waals surface area contributed by atoms with Crippen molar-refractivity contribution in [3.8, 4) is 0 Å². The van der Waals surface area contributed by atoms with Crippen LogP contribution in [0.15, 0.2) is 22.7 Å². The summed E-state index contributed by atoms with van der Waals surface area (Å²) in [6, 6.07) is 4.65. The molecule has 1 nitrogen and oxygen atoms in total. The van der Waals surface area contributed by atoms with Gasteiger partial charge in [-0.2, -0.15) is 0 Å². The molecule has 0 fully saturated rings. The first-order chi connectivity index (χ1) is 7.00. The first kappa shape index (κ1) is 12.7. The van der Waals surface area contributed by atoms with Gasteiger partial charge < -0.3 is 5.11 Å². The predicted molar refractivity (Wildman–Crippen MR) is 63.1 cm³/mol. The SMILES string of the molecule is CC(C)CCC(O)c1cc(Br)ccc1F. The summed E-state index contributed by atoms with van der Waals surface area (Å²) in [5, 5.41) is 9.81. The summed E-state index contributed by atoms with van der Waals surface area (Å²) < 4.78 is 14.2. The highest BCUT2D eigenvalue weighted by atomic mass is 79.9. The van der Waals surface area contributed by atoms with Crippen LogP contribution in [0.4, 0.5) is 4.39 Å². The molecular weight excluding hydrogens is 259 g/mol. The van der Waals surface area contributed by atoms with Gasteiger partial charge in [0.15, 0.2) is 0 Å². The van der Waals surface area contributed by atoms with E-state index in [0.29, 0.717) is 17.9 Å². The third kappa shape index (κ3) is 3.92. The zero-order valence-electron chi connectivity index (χ0n) is 9.00. The Kier molecular flexibility index (Phi) is 4.74. The van der Waals surface area contributed by atoms with E-state index in [9.17, 15) is 9.50 Å². The summed E-state index contributed by atoms with van der Waals surface area (Å²) in [5.41, 5.74) is 0.380. The summed E-state index contributed by atoms with van der Waals surface area (Å²) in [6.07, 6.45) is 0.794. The van der Waals surface area contributed by atoms with Gasteiger partial charge in [-0.3, -0.25) is 0 Å². The Labute approximate surface area is 98.4 Å².